The van der Waals surface area contributed by atoms with Crippen LogP contribution in [0.3, 0.4) is 0 Å². The van der Waals surface area contributed by atoms with Crippen molar-refractivity contribution in [2.45, 2.75) is 23.9 Å². The van der Waals surface area contributed by atoms with Crippen molar-refractivity contribution in [2.24, 2.45) is 0 Å². The van der Waals surface area contributed by atoms with Crippen LogP contribution in [0.25, 0.3) is 0 Å². The SMILES string of the molecule is O=c1c(SCCS(=O)(=O)Cl)nccn1C1CC1. The van der Waals surface area contributed by atoms with Gasteiger partial charge in [-0.1, -0.05) is 11.8 Å². The Morgan fingerprint density at radius 3 is 2.82 bits per heavy atom. The van der Waals surface area contributed by atoms with E-state index in [0.29, 0.717) is 11.1 Å². The first-order valence-corrected chi connectivity index (χ1v) is 8.56. The molecule has 1 fully saturated rings. The van der Waals surface area contributed by atoms with Crippen LogP contribution in [0.1, 0.15) is 18.9 Å². The second-order valence-electron chi connectivity index (χ2n) is 3.77. The van der Waals surface area contributed by atoms with Crippen molar-refractivity contribution in [3.05, 3.63) is 22.7 Å². The van der Waals surface area contributed by atoms with E-state index in [1.807, 2.05) is 0 Å². The summed E-state index contributed by atoms with van der Waals surface area (Å²) in [5.74, 6) is 0.0709. The maximum atomic E-state index is 11.9. The molecule has 1 heterocycles. The van der Waals surface area contributed by atoms with Crippen LogP contribution < -0.4 is 5.56 Å². The van der Waals surface area contributed by atoms with Gasteiger partial charge in [0.15, 0.2) is 5.03 Å². The first-order valence-electron chi connectivity index (χ1n) is 5.09. The van der Waals surface area contributed by atoms with Crippen molar-refractivity contribution >= 4 is 31.5 Å². The molecular weight excluding hydrogens is 284 g/mol. The van der Waals surface area contributed by atoms with Crippen LogP contribution in [-0.2, 0) is 9.05 Å². The summed E-state index contributed by atoms with van der Waals surface area (Å²) in [6.45, 7) is 0. The minimum Gasteiger partial charge on any atom is -0.309 e. The van der Waals surface area contributed by atoms with Gasteiger partial charge in [0.05, 0.1) is 5.75 Å². The van der Waals surface area contributed by atoms with Crippen molar-refractivity contribution < 1.29 is 8.42 Å². The molecule has 0 bridgehead atoms. The van der Waals surface area contributed by atoms with Crippen LogP contribution in [0.2, 0.25) is 0 Å². The Hall–Kier alpha value is -0.530. The summed E-state index contributed by atoms with van der Waals surface area (Å²) in [5, 5.41) is 0.333. The molecule has 0 aliphatic heterocycles. The normalized spacial score (nSPS) is 16.1. The van der Waals surface area contributed by atoms with E-state index in [1.165, 1.54) is 0 Å². The van der Waals surface area contributed by atoms with E-state index in [0.717, 1.165) is 24.6 Å². The maximum absolute atomic E-state index is 11.9. The minimum absolute atomic E-state index is 0.146. The van der Waals surface area contributed by atoms with Gasteiger partial charge in [-0.05, 0) is 12.8 Å². The van der Waals surface area contributed by atoms with Gasteiger partial charge in [0, 0.05) is 34.9 Å². The van der Waals surface area contributed by atoms with E-state index in [2.05, 4.69) is 4.98 Å². The summed E-state index contributed by atoms with van der Waals surface area (Å²) in [7, 11) is 1.58. The van der Waals surface area contributed by atoms with Crippen LogP contribution in [-0.4, -0.2) is 29.5 Å². The highest BCUT2D eigenvalue weighted by Gasteiger charge is 2.25. The zero-order valence-corrected chi connectivity index (χ0v) is 11.3. The molecule has 2 rings (SSSR count). The van der Waals surface area contributed by atoms with Gasteiger partial charge in [-0.2, -0.15) is 0 Å². The summed E-state index contributed by atoms with van der Waals surface area (Å²) < 4.78 is 23.1. The third-order valence-electron chi connectivity index (χ3n) is 2.34. The molecular formula is C9H11ClN2O3S2. The van der Waals surface area contributed by atoms with Gasteiger partial charge >= 0.3 is 0 Å². The molecule has 0 aromatic carbocycles. The molecule has 17 heavy (non-hydrogen) atoms. The first-order chi connectivity index (χ1) is 7.97. The molecule has 1 aromatic rings. The molecule has 0 radical (unpaired) electrons. The van der Waals surface area contributed by atoms with Crippen LogP contribution >= 0.6 is 22.4 Å². The number of hydrogen-bond donors (Lipinski definition) is 0. The molecule has 0 amide bonds. The Morgan fingerprint density at radius 2 is 2.24 bits per heavy atom. The number of rotatable bonds is 5. The van der Waals surface area contributed by atoms with Gasteiger partial charge in [-0.25, -0.2) is 13.4 Å². The minimum atomic E-state index is -3.51. The summed E-state index contributed by atoms with van der Waals surface area (Å²) in [5.41, 5.74) is -0.146. The molecule has 1 saturated carbocycles. The zero-order chi connectivity index (χ0) is 12.5. The third-order valence-corrected chi connectivity index (χ3v) is 4.72. The largest absolute Gasteiger partial charge is 0.309 e. The van der Waals surface area contributed by atoms with Crippen molar-refractivity contribution in [2.75, 3.05) is 11.5 Å². The summed E-state index contributed by atoms with van der Waals surface area (Å²) in [6.07, 6.45) is 5.27. The maximum Gasteiger partial charge on any atom is 0.283 e. The van der Waals surface area contributed by atoms with Crippen LogP contribution in [0.5, 0.6) is 0 Å². The van der Waals surface area contributed by atoms with E-state index in [4.69, 9.17) is 10.7 Å². The van der Waals surface area contributed by atoms with Crippen molar-refractivity contribution in [3.63, 3.8) is 0 Å². The fourth-order valence-corrected chi connectivity index (χ4v) is 3.64. The van der Waals surface area contributed by atoms with Gasteiger partial charge in [-0.15, -0.1) is 0 Å². The Kier molecular flexibility index (Phi) is 3.79. The fraction of sp³-hybridized carbons (Fsp3) is 0.556. The highest BCUT2D eigenvalue weighted by molar-refractivity contribution is 8.14. The highest BCUT2D eigenvalue weighted by atomic mass is 35.7. The summed E-state index contributed by atoms with van der Waals surface area (Å²) in [6, 6.07) is 0.293. The van der Waals surface area contributed by atoms with E-state index < -0.39 is 9.05 Å². The summed E-state index contributed by atoms with van der Waals surface area (Å²) in [4.78, 5) is 15.9. The molecule has 1 aliphatic carbocycles. The third kappa shape index (κ3) is 3.72. The van der Waals surface area contributed by atoms with Gasteiger partial charge in [0.1, 0.15) is 0 Å². The lowest BCUT2D eigenvalue weighted by molar-refractivity contribution is 0.611. The van der Waals surface area contributed by atoms with Crippen LogP contribution in [0.4, 0.5) is 0 Å². The molecule has 1 aromatic heterocycles. The molecule has 8 heteroatoms. The van der Waals surface area contributed by atoms with Gasteiger partial charge in [0.2, 0.25) is 9.05 Å². The molecule has 0 N–H and O–H groups in total. The van der Waals surface area contributed by atoms with Gasteiger partial charge in [-0.3, -0.25) is 4.79 Å². The topological polar surface area (TPSA) is 69.0 Å². The van der Waals surface area contributed by atoms with Crippen molar-refractivity contribution in [1.29, 1.82) is 0 Å². The number of aromatic nitrogens is 2. The quantitative estimate of drug-likeness (QED) is 0.604. The highest BCUT2D eigenvalue weighted by Crippen LogP contribution is 2.33. The molecule has 1 aliphatic rings. The second-order valence-corrected chi connectivity index (χ2v) is 7.75. The molecule has 0 spiro atoms. The molecule has 94 valence electrons. The zero-order valence-electron chi connectivity index (χ0n) is 8.87. The van der Waals surface area contributed by atoms with Crippen molar-refractivity contribution in [1.82, 2.24) is 9.55 Å². The van der Waals surface area contributed by atoms with E-state index >= 15 is 0 Å². The Balaban J connectivity index is 2.06. The Morgan fingerprint density at radius 1 is 1.53 bits per heavy atom. The Labute approximate surface area is 108 Å². The van der Waals surface area contributed by atoms with Gasteiger partial charge < -0.3 is 4.57 Å². The lowest BCUT2D eigenvalue weighted by Crippen LogP contribution is -2.21. The number of thioether (sulfide) groups is 1. The van der Waals surface area contributed by atoms with E-state index in [-0.39, 0.29) is 17.1 Å². The predicted octanol–water partition coefficient (Wildman–Crippen LogP) is 1.24. The number of hydrogen-bond acceptors (Lipinski definition) is 5. The van der Waals surface area contributed by atoms with E-state index in [1.54, 1.807) is 17.0 Å². The average molecular weight is 295 g/mol. The monoisotopic (exact) mass is 294 g/mol. The first kappa shape index (κ1) is 12.9. The fourth-order valence-electron chi connectivity index (χ4n) is 1.38. The molecule has 0 atom stereocenters. The van der Waals surface area contributed by atoms with Crippen molar-refractivity contribution in [3.8, 4) is 0 Å². The predicted molar refractivity (Wildman–Crippen MR) is 67.1 cm³/mol. The average Bonchev–Trinajstić information content (AvgIpc) is 3.02. The smallest absolute Gasteiger partial charge is 0.283 e. The molecule has 0 saturated heterocycles. The standard InChI is InChI=1S/C9H11ClN2O3S2/c10-17(14,15)6-5-16-8-9(13)12(4-3-11-8)7-1-2-7/h3-4,7H,1-2,5-6H2. The van der Waals surface area contributed by atoms with Crippen LogP contribution in [0.15, 0.2) is 22.2 Å². The van der Waals surface area contributed by atoms with E-state index in [9.17, 15) is 13.2 Å². The van der Waals surface area contributed by atoms with Crippen LogP contribution in [0, 0.1) is 0 Å². The summed E-state index contributed by atoms with van der Waals surface area (Å²) >= 11 is 1.13. The molecule has 0 unspecified atom stereocenters. The lowest BCUT2D eigenvalue weighted by Gasteiger charge is -2.04. The molecule has 5 nitrogen and oxygen atoms in total. The second kappa shape index (κ2) is 4.99. The number of halogens is 1. The Bertz CT molecular complexity index is 566. The van der Waals surface area contributed by atoms with Gasteiger partial charge in [0.25, 0.3) is 5.56 Å². The number of nitrogens with zero attached hydrogens (tertiary/aromatic N) is 2. The lowest BCUT2D eigenvalue weighted by atomic mass is 10.6.